The summed E-state index contributed by atoms with van der Waals surface area (Å²) in [5.41, 5.74) is -0.283. The van der Waals surface area contributed by atoms with Crippen LogP contribution in [-0.2, 0) is 14.3 Å². The fourth-order valence-corrected chi connectivity index (χ4v) is 7.40. The number of aliphatic hydroxyl groups excluding tert-OH is 1. The summed E-state index contributed by atoms with van der Waals surface area (Å²) in [5.74, 6) is 0.504. The number of aliphatic hydroxyl groups is 2. The van der Waals surface area contributed by atoms with E-state index in [0.29, 0.717) is 24.2 Å². The molecule has 0 aliphatic heterocycles. The van der Waals surface area contributed by atoms with E-state index in [-0.39, 0.29) is 23.9 Å². The average Bonchev–Trinajstić information content (AvgIpc) is 2.92. The van der Waals surface area contributed by atoms with Crippen LogP contribution in [-0.4, -0.2) is 40.3 Å². The van der Waals surface area contributed by atoms with Crippen LogP contribution in [0.15, 0.2) is 11.6 Å². The minimum atomic E-state index is -1.40. The van der Waals surface area contributed by atoms with Crippen molar-refractivity contribution in [1.82, 2.24) is 0 Å². The molecule has 0 aromatic rings. The van der Waals surface area contributed by atoms with E-state index in [4.69, 9.17) is 4.74 Å². The molecule has 4 aliphatic carbocycles. The largest absolute Gasteiger partial charge is 0.458 e. The van der Waals surface area contributed by atoms with Crippen molar-refractivity contribution in [3.05, 3.63) is 11.6 Å². The second kappa shape index (κ2) is 6.66. The smallest absolute Gasteiger partial charge is 0.303 e. The molecule has 28 heavy (non-hydrogen) atoms. The van der Waals surface area contributed by atoms with Crippen molar-refractivity contribution in [1.29, 1.82) is 0 Å². The van der Waals surface area contributed by atoms with Gasteiger partial charge < -0.3 is 14.9 Å². The first-order valence-electron chi connectivity index (χ1n) is 10.9. The number of allylic oxidation sites excluding steroid dienone is 1. The average molecular weight is 391 g/mol. The van der Waals surface area contributed by atoms with Crippen molar-refractivity contribution in [2.45, 2.75) is 83.8 Å². The Kier molecular flexibility index (Phi) is 4.78. The highest BCUT2D eigenvalue weighted by Gasteiger charge is 2.66. The molecule has 156 valence electrons. The highest BCUT2D eigenvalue weighted by molar-refractivity contribution is 5.90. The van der Waals surface area contributed by atoms with Gasteiger partial charge in [0.25, 0.3) is 0 Å². The Labute approximate surface area is 167 Å². The van der Waals surface area contributed by atoms with Gasteiger partial charge in [-0.3, -0.25) is 9.59 Å². The molecule has 0 bridgehead atoms. The molecule has 0 radical (unpaired) electrons. The quantitative estimate of drug-likeness (QED) is 0.571. The van der Waals surface area contributed by atoms with Gasteiger partial charge in [-0.1, -0.05) is 25.5 Å². The van der Waals surface area contributed by atoms with Crippen LogP contribution in [0.5, 0.6) is 0 Å². The maximum atomic E-state index is 12.9. The third kappa shape index (κ3) is 2.72. The molecule has 0 spiro atoms. The number of rotatable bonds is 3. The van der Waals surface area contributed by atoms with Crippen molar-refractivity contribution in [3.8, 4) is 0 Å². The van der Waals surface area contributed by atoms with Crippen molar-refractivity contribution >= 4 is 11.8 Å². The third-order valence-electron chi connectivity index (χ3n) is 9.10. The molecule has 4 rings (SSSR count). The van der Waals surface area contributed by atoms with E-state index in [1.165, 1.54) is 12.5 Å². The number of esters is 1. The zero-order valence-corrected chi connectivity index (χ0v) is 17.4. The van der Waals surface area contributed by atoms with E-state index in [1.807, 2.05) is 0 Å². The number of ether oxygens (including phenoxy) is 1. The van der Waals surface area contributed by atoms with Crippen molar-refractivity contribution < 1.29 is 24.5 Å². The maximum Gasteiger partial charge on any atom is 0.303 e. The highest BCUT2D eigenvalue weighted by Crippen LogP contribution is 2.67. The molecule has 0 aromatic heterocycles. The van der Waals surface area contributed by atoms with E-state index < -0.39 is 17.0 Å². The Balaban J connectivity index is 1.60. The predicted octanol–water partition coefficient (Wildman–Crippen LogP) is 3.17. The van der Waals surface area contributed by atoms with E-state index in [0.717, 1.165) is 44.9 Å². The summed E-state index contributed by atoms with van der Waals surface area (Å²) < 4.78 is 4.93. The Bertz CT molecular complexity index is 714. The minimum absolute atomic E-state index is 0.145. The van der Waals surface area contributed by atoms with Gasteiger partial charge in [0.2, 0.25) is 5.78 Å². The van der Waals surface area contributed by atoms with Crippen LogP contribution in [0, 0.1) is 28.6 Å². The Morgan fingerprint density at radius 2 is 1.86 bits per heavy atom. The van der Waals surface area contributed by atoms with Gasteiger partial charge in [-0.25, -0.2) is 0 Å². The second-order valence-electron chi connectivity index (χ2n) is 10.2. The van der Waals surface area contributed by atoms with Gasteiger partial charge in [-0.15, -0.1) is 0 Å². The van der Waals surface area contributed by atoms with E-state index in [1.54, 1.807) is 0 Å². The summed E-state index contributed by atoms with van der Waals surface area (Å²) >= 11 is 0. The predicted molar refractivity (Wildman–Crippen MR) is 104 cm³/mol. The maximum absolute atomic E-state index is 12.9. The van der Waals surface area contributed by atoms with Crippen LogP contribution in [0.3, 0.4) is 0 Å². The number of hydrogen-bond acceptors (Lipinski definition) is 5. The number of carbonyl (C=O) groups excluding carboxylic acids is 2. The molecule has 5 heteroatoms. The first-order valence-corrected chi connectivity index (χ1v) is 10.9. The van der Waals surface area contributed by atoms with Crippen LogP contribution in [0.4, 0.5) is 0 Å². The van der Waals surface area contributed by atoms with E-state index in [9.17, 15) is 19.8 Å². The molecule has 3 unspecified atom stereocenters. The van der Waals surface area contributed by atoms with Gasteiger partial charge in [-0.2, -0.15) is 0 Å². The first kappa shape index (κ1) is 20.1. The summed E-state index contributed by atoms with van der Waals surface area (Å²) in [6.07, 6.45) is 8.96. The van der Waals surface area contributed by atoms with Crippen LogP contribution >= 0.6 is 0 Å². The number of Topliss-reactive ketones (excluding diaryl/α,β-unsaturated/α-hetero) is 1. The number of ketones is 1. The molecule has 0 saturated heterocycles. The first-order chi connectivity index (χ1) is 13.1. The lowest BCUT2D eigenvalue weighted by molar-refractivity contribution is -0.168. The summed E-state index contributed by atoms with van der Waals surface area (Å²) in [6, 6.07) is 0. The summed E-state index contributed by atoms with van der Waals surface area (Å²) in [4.78, 5) is 24.0. The third-order valence-corrected chi connectivity index (χ3v) is 9.10. The molecule has 7 atom stereocenters. The Hall–Kier alpha value is -1.20. The van der Waals surface area contributed by atoms with Gasteiger partial charge >= 0.3 is 5.97 Å². The van der Waals surface area contributed by atoms with Crippen LogP contribution < -0.4 is 0 Å². The van der Waals surface area contributed by atoms with Crippen LogP contribution in [0.25, 0.3) is 0 Å². The van der Waals surface area contributed by atoms with Crippen molar-refractivity contribution in [2.24, 2.45) is 28.6 Å². The molecule has 3 fully saturated rings. The lowest BCUT2D eigenvalue weighted by atomic mass is 9.46. The highest BCUT2D eigenvalue weighted by atomic mass is 16.5. The standard InChI is InChI=1S/C23H34O5/c1-14(24)28-13-20(26)23(27)11-8-19-17-5-4-15-12-16(25)6-9-21(15,2)18(17)7-10-22(19,23)3/h4,16-19,25,27H,5-13H2,1-3H3/t16-,17?,18?,19?,21-,22-,23+/m0/s1. The lowest BCUT2D eigenvalue weighted by Gasteiger charge is -2.58. The summed E-state index contributed by atoms with van der Waals surface area (Å²) in [5, 5.41) is 21.6. The molecule has 4 aliphatic rings. The molecular weight excluding hydrogens is 356 g/mol. The van der Waals surface area contributed by atoms with Gasteiger partial charge in [0, 0.05) is 12.3 Å². The summed E-state index contributed by atoms with van der Waals surface area (Å²) in [6.45, 7) is 5.41. The molecule has 3 saturated carbocycles. The normalized spacial score (nSPS) is 47.4. The Morgan fingerprint density at radius 3 is 2.57 bits per heavy atom. The number of hydrogen-bond donors (Lipinski definition) is 2. The van der Waals surface area contributed by atoms with Gasteiger partial charge in [0.05, 0.1) is 6.10 Å². The molecule has 0 aromatic carbocycles. The Morgan fingerprint density at radius 1 is 1.14 bits per heavy atom. The fourth-order valence-electron chi connectivity index (χ4n) is 7.40. The van der Waals surface area contributed by atoms with Crippen molar-refractivity contribution in [2.75, 3.05) is 6.61 Å². The molecule has 0 amide bonds. The minimum Gasteiger partial charge on any atom is -0.458 e. The fraction of sp³-hybridized carbons (Fsp3) is 0.826. The number of fused-ring (bicyclic) bond motifs is 5. The van der Waals surface area contributed by atoms with Crippen LogP contribution in [0.1, 0.15) is 72.1 Å². The van der Waals surface area contributed by atoms with Gasteiger partial charge in [-0.05, 0) is 74.5 Å². The monoisotopic (exact) mass is 390 g/mol. The van der Waals surface area contributed by atoms with Crippen molar-refractivity contribution in [3.63, 3.8) is 0 Å². The topological polar surface area (TPSA) is 83.8 Å². The van der Waals surface area contributed by atoms with E-state index in [2.05, 4.69) is 19.9 Å². The summed E-state index contributed by atoms with van der Waals surface area (Å²) in [7, 11) is 0. The SMILES string of the molecule is CC(=O)OCC(=O)[C@]1(O)CCC2C3CC=C4C[C@@H](O)CC[C@]4(C)C3CC[C@@]21C. The molecule has 0 heterocycles. The lowest BCUT2D eigenvalue weighted by Crippen LogP contribution is -2.58. The van der Waals surface area contributed by atoms with Crippen LogP contribution in [0.2, 0.25) is 0 Å². The zero-order valence-electron chi connectivity index (χ0n) is 17.4. The zero-order chi connectivity index (χ0) is 20.3. The van der Waals surface area contributed by atoms with Gasteiger partial charge in [0.15, 0.2) is 6.61 Å². The number of carbonyl (C=O) groups is 2. The molecule has 5 nitrogen and oxygen atoms in total. The second-order valence-corrected chi connectivity index (χ2v) is 10.2. The molecular formula is C23H34O5. The molecule has 2 N–H and O–H groups in total. The van der Waals surface area contributed by atoms with Gasteiger partial charge in [0.1, 0.15) is 5.60 Å². The van der Waals surface area contributed by atoms with E-state index >= 15 is 0 Å².